The summed E-state index contributed by atoms with van der Waals surface area (Å²) in [6.45, 7) is 3.35. The van der Waals surface area contributed by atoms with Gasteiger partial charge in [0.1, 0.15) is 6.07 Å². The van der Waals surface area contributed by atoms with Gasteiger partial charge in [-0.2, -0.15) is 5.26 Å². The van der Waals surface area contributed by atoms with Gasteiger partial charge in [0.15, 0.2) is 5.78 Å². The minimum atomic E-state index is -0.509. The average Bonchev–Trinajstić information content (AvgIpc) is 3.17. The van der Waals surface area contributed by atoms with Crippen molar-refractivity contribution >= 4 is 33.7 Å². The smallest absolute Gasteiger partial charge is 0.324 e. The van der Waals surface area contributed by atoms with E-state index in [4.69, 9.17) is 0 Å². The summed E-state index contributed by atoms with van der Waals surface area (Å²) in [5.74, 6) is -0.306. The van der Waals surface area contributed by atoms with Gasteiger partial charge in [0.25, 0.3) is 5.91 Å². The second kappa shape index (κ2) is 7.55. The molecule has 27 heavy (non-hydrogen) atoms. The largest absolute Gasteiger partial charge is 0.367 e. The van der Waals surface area contributed by atoms with Crippen molar-refractivity contribution in [2.24, 2.45) is 0 Å². The topological polar surface area (TPSA) is 108 Å². The molecule has 0 N–H and O–H groups in total. The summed E-state index contributed by atoms with van der Waals surface area (Å²) in [5.41, 5.74) is 1.70. The molecule has 2 aromatic rings. The van der Waals surface area contributed by atoms with Gasteiger partial charge < -0.3 is 9.80 Å². The molecule has 1 aromatic heterocycles. The lowest BCUT2D eigenvalue weighted by atomic mass is 10.1. The Morgan fingerprint density at radius 3 is 2.44 bits per heavy atom. The SMILES string of the molecule is CC(=O)c1ccc(C#N)c(N2CCN(C(=O)c3ccc([N+](=O)[O-])s3)CC2)c1. The van der Waals surface area contributed by atoms with E-state index in [9.17, 15) is 25.0 Å². The molecule has 9 heteroatoms. The van der Waals surface area contributed by atoms with Gasteiger partial charge in [-0.15, -0.1) is 0 Å². The van der Waals surface area contributed by atoms with Crippen LogP contribution in [-0.2, 0) is 0 Å². The third-order valence-electron chi connectivity index (χ3n) is 4.41. The number of rotatable bonds is 4. The molecule has 1 aliphatic rings. The van der Waals surface area contributed by atoms with Gasteiger partial charge in [-0.25, -0.2) is 0 Å². The Labute approximate surface area is 159 Å². The number of nitro groups is 1. The molecule has 0 bridgehead atoms. The zero-order valence-electron chi connectivity index (χ0n) is 14.5. The van der Waals surface area contributed by atoms with Crippen molar-refractivity contribution in [2.45, 2.75) is 6.92 Å². The van der Waals surface area contributed by atoms with Crippen molar-refractivity contribution in [3.8, 4) is 6.07 Å². The molecule has 0 spiro atoms. The highest BCUT2D eigenvalue weighted by atomic mass is 32.1. The molecule has 0 unspecified atom stereocenters. The monoisotopic (exact) mass is 384 g/mol. The number of benzene rings is 1. The van der Waals surface area contributed by atoms with Crippen LogP contribution >= 0.6 is 11.3 Å². The van der Waals surface area contributed by atoms with Gasteiger partial charge in [0, 0.05) is 37.8 Å². The lowest BCUT2D eigenvalue weighted by molar-refractivity contribution is -0.380. The number of ketones is 1. The number of anilines is 1. The average molecular weight is 384 g/mol. The predicted molar refractivity (Wildman–Crippen MR) is 100 cm³/mol. The summed E-state index contributed by atoms with van der Waals surface area (Å²) in [7, 11) is 0. The number of nitriles is 1. The predicted octanol–water partition coefficient (Wildman–Crippen LogP) is 2.69. The fraction of sp³-hybridized carbons (Fsp3) is 0.278. The number of hydrogen-bond donors (Lipinski definition) is 0. The third kappa shape index (κ3) is 3.80. The van der Waals surface area contributed by atoms with E-state index >= 15 is 0 Å². The van der Waals surface area contributed by atoms with Crippen LogP contribution < -0.4 is 4.90 Å². The molecule has 1 amide bonds. The highest BCUT2D eigenvalue weighted by Gasteiger charge is 2.26. The van der Waals surface area contributed by atoms with Crippen LogP contribution in [0.25, 0.3) is 0 Å². The molecule has 3 rings (SSSR count). The molecule has 1 saturated heterocycles. The number of Topliss-reactive ketones (excluding diaryl/α,β-unsaturated/α-hetero) is 1. The first-order valence-corrected chi connectivity index (χ1v) is 9.06. The fourth-order valence-electron chi connectivity index (χ4n) is 2.95. The Bertz CT molecular complexity index is 955. The lowest BCUT2D eigenvalue weighted by Crippen LogP contribution is -2.48. The molecule has 8 nitrogen and oxygen atoms in total. The molecule has 2 heterocycles. The number of thiophene rings is 1. The van der Waals surface area contributed by atoms with Crippen molar-refractivity contribution in [3.63, 3.8) is 0 Å². The Kier molecular flexibility index (Phi) is 5.19. The van der Waals surface area contributed by atoms with Crippen LogP contribution in [0, 0.1) is 21.4 Å². The second-order valence-electron chi connectivity index (χ2n) is 6.07. The van der Waals surface area contributed by atoms with E-state index in [-0.39, 0.29) is 16.7 Å². The van der Waals surface area contributed by atoms with E-state index in [1.165, 1.54) is 19.1 Å². The van der Waals surface area contributed by atoms with E-state index < -0.39 is 4.92 Å². The summed E-state index contributed by atoms with van der Waals surface area (Å²) in [6.07, 6.45) is 0. The van der Waals surface area contributed by atoms with Crippen molar-refractivity contribution < 1.29 is 14.5 Å². The second-order valence-corrected chi connectivity index (χ2v) is 7.14. The first-order chi connectivity index (χ1) is 12.9. The van der Waals surface area contributed by atoms with Gasteiger partial charge in [-0.1, -0.05) is 11.3 Å². The standard InChI is InChI=1S/C18H16N4O4S/c1-12(23)13-2-3-14(11-19)15(10-13)20-6-8-21(9-7-20)18(24)16-4-5-17(27-16)22(25)26/h2-5,10H,6-9H2,1H3. The zero-order chi connectivity index (χ0) is 19.6. The summed E-state index contributed by atoms with van der Waals surface area (Å²) in [5, 5.41) is 20.1. The van der Waals surface area contributed by atoms with Gasteiger partial charge in [0.2, 0.25) is 0 Å². The van der Waals surface area contributed by atoms with Crippen LogP contribution in [0.1, 0.15) is 32.5 Å². The number of carbonyl (C=O) groups excluding carboxylic acids is 2. The summed E-state index contributed by atoms with van der Waals surface area (Å²) < 4.78 is 0. The maximum Gasteiger partial charge on any atom is 0.324 e. The highest BCUT2D eigenvalue weighted by Crippen LogP contribution is 2.27. The molecule has 0 radical (unpaired) electrons. The highest BCUT2D eigenvalue weighted by molar-refractivity contribution is 7.17. The van der Waals surface area contributed by atoms with E-state index in [1.54, 1.807) is 23.1 Å². The molecular weight excluding hydrogens is 368 g/mol. The molecule has 1 aromatic carbocycles. The van der Waals surface area contributed by atoms with E-state index in [0.717, 1.165) is 11.3 Å². The molecule has 138 valence electrons. The van der Waals surface area contributed by atoms with E-state index in [1.807, 2.05) is 4.90 Å². The van der Waals surface area contributed by atoms with Crippen LogP contribution in [-0.4, -0.2) is 47.7 Å². The maximum absolute atomic E-state index is 12.5. The third-order valence-corrected chi connectivity index (χ3v) is 5.44. The van der Waals surface area contributed by atoms with Gasteiger partial charge in [-0.3, -0.25) is 19.7 Å². The Balaban J connectivity index is 1.72. The first kappa shape index (κ1) is 18.5. The fourth-order valence-corrected chi connectivity index (χ4v) is 3.74. The number of piperazine rings is 1. The van der Waals surface area contributed by atoms with Crippen LogP contribution in [0.15, 0.2) is 30.3 Å². The summed E-state index contributed by atoms with van der Waals surface area (Å²) in [4.78, 5) is 38.4. The molecule has 0 atom stereocenters. The van der Waals surface area contributed by atoms with Crippen LogP contribution in [0.3, 0.4) is 0 Å². The van der Waals surface area contributed by atoms with Crippen molar-refractivity contribution in [2.75, 3.05) is 31.1 Å². The van der Waals surface area contributed by atoms with Crippen molar-refractivity contribution in [1.29, 1.82) is 5.26 Å². The summed E-state index contributed by atoms with van der Waals surface area (Å²) in [6, 6.07) is 9.92. The van der Waals surface area contributed by atoms with E-state index in [2.05, 4.69) is 6.07 Å². The molecule has 0 saturated carbocycles. The maximum atomic E-state index is 12.5. The minimum absolute atomic E-state index is 0.0586. The Morgan fingerprint density at radius 2 is 1.89 bits per heavy atom. The quantitative estimate of drug-likeness (QED) is 0.456. The van der Waals surface area contributed by atoms with Gasteiger partial charge >= 0.3 is 5.00 Å². The van der Waals surface area contributed by atoms with Crippen molar-refractivity contribution in [3.05, 3.63) is 56.5 Å². The van der Waals surface area contributed by atoms with Gasteiger partial charge in [0.05, 0.1) is 21.1 Å². The molecule has 0 aliphatic carbocycles. The zero-order valence-corrected chi connectivity index (χ0v) is 15.4. The van der Waals surface area contributed by atoms with Crippen LogP contribution in [0.5, 0.6) is 0 Å². The van der Waals surface area contributed by atoms with Crippen LogP contribution in [0.4, 0.5) is 10.7 Å². The van der Waals surface area contributed by atoms with Crippen molar-refractivity contribution in [1.82, 2.24) is 4.90 Å². The number of hydrogen-bond acceptors (Lipinski definition) is 7. The number of amides is 1. The molecule has 1 aliphatic heterocycles. The summed E-state index contributed by atoms with van der Waals surface area (Å²) >= 11 is 0.867. The molecule has 1 fully saturated rings. The van der Waals surface area contributed by atoms with E-state index in [0.29, 0.717) is 47.9 Å². The normalized spacial score (nSPS) is 13.9. The number of carbonyl (C=O) groups is 2. The first-order valence-electron chi connectivity index (χ1n) is 8.24. The van der Waals surface area contributed by atoms with Crippen LogP contribution in [0.2, 0.25) is 0 Å². The number of nitrogens with zero attached hydrogens (tertiary/aromatic N) is 4. The Hall–Kier alpha value is -3.25. The molecular formula is C18H16N4O4S. The minimum Gasteiger partial charge on any atom is -0.367 e. The Morgan fingerprint density at radius 1 is 1.19 bits per heavy atom. The van der Waals surface area contributed by atoms with Gasteiger partial charge in [-0.05, 0) is 31.2 Å². The lowest BCUT2D eigenvalue weighted by Gasteiger charge is -2.36.